The third kappa shape index (κ3) is 6.13. The lowest BCUT2D eigenvalue weighted by molar-refractivity contribution is -0.885. The van der Waals surface area contributed by atoms with Gasteiger partial charge >= 0.3 is 0 Å². The van der Waals surface area contributed by atoms with Crippen LogP contribution in [0.1, 0.15) is 11.1 Å². The monoisotopic (exact) mass is 336 g/mol. The van der Waals surface area contributed by atoms with Gasteiger partial charge in [-0.2, -0.15) is 5.26 Å². The predicted octanol–water partition coefficient (Wildman–Crippen LogP) is 1.78. The van der Waals surface area contributed by atoms with Crippen LogP contribution in [0.5, 0.6) is 5.75 Å². The van der Waals surface area contributed by atoms with Crippen LogP contribution in [0.4, 0.5) is 5.69 Å². The maximum absolute atomic E-state index is 12.1. The number of amides is 1. The number of benzene rings is 2. The van der Waals surface area contributed by atoms with Gasteiger partial charge in [0.1, 0.15) is 18.9 Å². The molecule has 0 aliphatic rings. The fourth-order valence-electron chi connectivity index (χ4n) is 2.42. The summed E-state index contributed by atoms with van der Waals surface area (Å²) in [5.74, 6) is 0.718. The van der Waals surface area contributed by atoms with Gasteiger partial charge in [-0.05, 0) is 42.5 Å². The molecule has 1 amide bonds. The van der Waals surface area contributed by atoms with E-state index in [0.29, 0.717) is 24.4 Å². The molecule has 1 atom stereocenters. The van der Waals surface area contributed by atoms with Gasteiger partial charge in [-0.3, -0.25) is 4.79 Å². The molecule has 2 aromatic carbocycles. The number of hydrogen-bond donors (Lipinski definition) is 2. The highest BCUT2D eigenvalue weighted by atomic mass is 16.5. The number of nitriles is 1. The van der Waals surface area contributed by atoms with Crippen LogP contribution in [0, 0.1) is 11.3 Å². The Kier molecular flexibility index (Phi) is 6.76. The van der Waals surface area contributed by atoms with Crippen molar-refractivity contribution in [3.63, 3.8) is 0 Å². The Morgan fingerprint density at radius 1 is 1.32 bits per heavy atom. The van der Waals surface area contributed by atoms with Gasteiger partial charge in [-0.1, -0.05) is 18.7 Å². The number of anilines is 1. The van der Waals surface area contributed by atoms with Crippen LogP contribution in [-0.2, 0) is 11.3 Å². The summed E-state index contributed by atoms with van der Waals surface area (Å²) in [5, 5.41) is 11.7. The van der Waals surface area contributed by atoms with Crippen molar-refractivity contribution in [3.05, 3.63) is 72.3 Å². The molecule has 0 saturated heterocycles. The van der Waals surface area contributed by atoms with Crippen LogP contribution in [0.15, 0.2) is 61.2 Å². The van der Waals surface area contributed by atoms with Crippen molar-refractivity contribution in [3.8, 4) is 11.8 Å². The standard InChI is InChI=1S/C20H21N3O2/c1-3-11-25-19-9-7-16(8-10-19)14-23(2)15-20(24)22-18-6-4-5-17(12-18)13-21/h3-10,12H,1,11,14-15H2,2H3,(H,22,24)/p+1. The van der Waals surface area contributed by atoms with Gasteiger partial charge < -0.3 is 15.0 Å². The maximum atomic E-state index is 12.1. The summed E-state index contributed by atoms with van der Waals surface area (Å²) in [6, 6.07) is 16.8. The van der Waals surface area contributed by atoms with Crippen molar-refractivity contribution in [1.82, 2.24) is 0 Å². The average Bonchev–Trinajstić information content (AvgIpc) is 2.61. The van der Waals surface area contributed by atoms with Gasteiger partial charge in [-0.25, -0.2) is 0 Å². The van der Waals surface area contributed by atoms with E-state index in [1.165, 1.54) is 0 Å². The molecule has 0 aromatic heterocycles. The summed E-state index contributed by atoms with van der Waals surface area (Å²) in [6.45, 7) is 5.17. The second kappa shape index (κ2) is 9.26. The lowest BCUT2D eigenvalue weighted by atomic mass is 10.2. The summed E-state index contributed by atoms with van der Waals surface area (Å²) in [7, 11) is 1.97. The number of rotatable bonds is 8. The van der Waals surface area contributed by atoms with Crippen molar-refractivity contribution in [2.45, 2.75) is 6.54 Å². The van der Waals surface area contributed by atoms with Crippen molar-refractivity contribution in [2.75, 3.05) is 25.5 Å². The molecule has 25 heavy (non-hydrogen) atoms. The van der Waals surface area contributed by atoms with E-state index < -0.39 is 0 Å². The number of likely N-dealkylation sites (N-methyl/N-ethyl adjacent to an activating group) is 1. The molecule has 128 valence electrons. The fourth-order valence-corrected chi connectivity index (χ4v) is 2.42. The van der Waals surface area contributed by atoms with Crippen LogP contribution in [0.25, 0.3) is 0 Å². The highest BCUT2D eigenvalue weighted by Crippen LogP contribution is 2.11. The summed E-state index contributed by atoms with van der Waals surface area (Å²) >= 11 is 0. The first kappa shape index (κ1) is 18.2. The van der Waals surface area contributed by atoms with E-state index in [0.717, 1.165) is 22.8 Å². The van der Waals surface area contributed by atoms with E-state index in [-0.39, 0.29) is 5.91 Å². The smallest absolute Gasteiger partial charge is 0.279 e. The number of carbonyl (C=O) groups is 1. The second-order valence-electron chi connectivity index (χ2n) is 5.80. The predicted molar refractivity (Wildman–Crippen MR) is 97.4 cm³/mol. The first-order valence-electron chi connectivity index (χ1n) is 8.04. The zero-order valence-corrected chi connectivity index (χ0v) is 14.3. The number of carbonyl (C=O) groups excluding carboxylic acids is 1. The van der Waals surface area contributed by atoms with E-state index in [2.05, 4.69) is 18.0 Å². The SMILES string of the molecule is C=CCOc1ccc(C[NH+](C)CC(=O)Nc2cccc(C#N)c2)cc1. The Labute approximate surface area is 148 Å². The first-order valence-corrected chi connectivity index (χ1v) is 8.04. The topological polar surface area (TPSA) is 66.6 Å². The van der Waals surface area contributed by atoms with Gasteiger partial charge in [-0.15, -0.1) is 0 Å². The van der Waals surface area contributed by atoms with E-state index >= 15 is 0 Å². The minimum absolute atomic E-state index is 0.0847. The molecule has 0 radical (unpaired) electrons. The fraction of sp³-hybridized carbons (Fsp3) is 0.200. The molecule has 2 aromatic rings. The highest BCUT2D eigenvalue weighted by molar-refractivity contribution is 5.91. The molecule has 0 bridgehead atoms. The van der Waals surface area contributed by atoms with Gasteiger partial charge in [0.15, 0.2) is 6.54 Å². The summed E-state index contributed by atoms with van der Waals surface area (Å²) in [4.78, 5) is 13.2. The number of quaternary nitrogens is 1. The highest BCUT2D eigenvalue weighted by Gasteiger charge is 2.11. The number of nitrogens with zero attached hydrogens (tertiary/aromatic N) is 1. The third-order valence-corrected chi connectivity index (χ3v) is 3.53. The Bertz CT molecular complexity index is 763. The van der Waals surface area contributed by atoms with Crippen molar-refractivity contribution in [1.29, 1.82) is 5.26 Å². The number of nitrogens with one attached hydrogen (secondary N) is 2. The summed E-state index contributed by atoms with van der Waals surface area (Å²) in [6.07, 6.45) is 1.71. The Hall–Kier alpha value is -3.10. The molecule has 2 rings (SSSR count). The maximum Gasteiger partial charge on any atom is 0.279 e. The quantitative estimate of drug-likeness (QED) is 0.722. The van der Waals surface area contributed by atoms with Gasteiger partial charge in [0.2, 0.25) is 0 Å². The van der Waals surface area contributed by atoms with Crippen molar-refractivity contribution in [2.24, 2.45) is 0 Å². The first-order chi connectivity index (χ1) is 12.1. The second-order valence-corrected chi connectivity index (χ2v) is 5.80. The molecular weight excluding hydrogens is 314 g/mol. The lowest BCUT2D eigenvalue weighted by Crippen LogP contribution is -3.08. The normalized spacial score (nSPS) is 11.2. The molecule has 0 aliphatic heterocycles. The van der Waals surface area contributed by atoms with Crippen molar-refractivity contribution < 1.29 is 14.4 Å². The van der Waals surface area contributed by atoms with E-state index in [1.54, 1.807) is 30.3 Å². The van der Waals surface area contributed by atoms with E-state index in [1.807, 2.05) is 31.3 Å². The van der Waals surface area contributed by atoms with Crippen LogP contribution >= 0.6 is 0 Å². The molecule has 5 heteroatoms. The Balaban J connectivity index is 1.84. The van der Waals surface area contributed by atoms with Gasteiger partial charge in [0.25, 0.3) is 5.91 Å². The third-order valence-electron chi connectivity index (χ3n) is 3.53. The number of ether oxygens (including phenoxy) is 1. The minimum atomic E-state index is -0.0847. The largest absolute Gasteiger partial charge is 0.490 e. The lowest BCUT2D eigenvalue weighted by Gasteiger charge is -2.14. The average molecular weight is 336 g/mol. The molecule has 0 fully saturated rings. The van der Waals surface area contributed by atoms with Crippen LogP contribution in [0.2, 0.25) is 0 Å². The van der Waals surface area contributed by atoms with Crippen LogP contribution < -0.4 is 15.0 Å². The Morgan fingerprint density at radius 2 is 2.08 bits per heavy atom. The molecule has 0 spiro atoms. The summed E-state index contributed by atoms with van der Waals surface area (Å²) in [5.41, 5.74) is 2.29. The number of hydrogen-bond acceptors (Lipinski definition) is 3. The summed E-state index contributed by atoms with van der Waals surface area (Å²) < 4.78 is 5.45. The molecule has 5 nitrogen and oxygen atoms in total. The van der Waals surface area contributed by atoms with Crippen molar-refractivity contribution >= 4 is 11.6 Å². The molecule has 0 aliphatic carbocycles. The van der Waals surface area contributed by atoms with Gasteiger partial charge in [0.05, 0.1) is 18.7 Å². The Morgan fingerprint density at radius 3 is 2.76 bits per heavy atom. The molecule has 0 saturated carbocycles. The zero-order chi connectivity index (χ0) is 18.1. The van der Waals surface area contributed by atoms with Gasteiger partial charge in [0, 0.05) is 11.3 Å². The van der Waals surface area contributed by atoms with Crippen LogP contribution in [0.3, 0.4) is 0 Å². The van der Waals surface area contributed by atoms with Crippen LogP contribution in [-0.4, -0.2) is 26.1 Å². The molecule has 1 unspecified atom stereocenters. The van der Waals surface area contributed by atoms with E-state index in [9.17, 15) is 4.79 Å². The zero-order valence-electron chi connectivity index (χ0n) is 14.3. The molecule has 0 heterocycles. The minimum Gasteiger partial charge on any atom is -0.490 e. The molecule has 2 N–H and O–H groups in total. The van der Waals surface area contributed by atoms with E-state index in [4.69, 9.17) is 10.00 Å². The molecular formula is C20H22N3O2+.